The molecule has 0 aliphatic carbocycles. The highest BCUT2D eigenvalue weighted by molar-refractivity contribution is 6.58. The van der Waals surface area contributed by atoms with Crippen LogP contribution < -0.4 is 5.46 Å². The summed E-state index contributed by atoms with van der Waals surface area (Å²) in [5, 5.41) is 25.9. The van der Waals surface area contributed by atoms with E-state index < -0.39 is 13.1 Å². The molecule has 0 aromatic heterocycles. The second-order valence-electron chi connectivity index (χ2n) is 2.30. The van der Waals surface area contributed by atoms with Crippen molar-refractivity contribution in [1.82, 2.24) is 0 Å². The number of carboxylic acids is 1. The molecular weight excluding hydrogens is 170 g/mol. The minimum absolute atomic E-state index is 0. The molecule has 4 nitrogen and oxygen atoms in total. The van der Waals surface area contributed by atoms with Crippen LogP contribution in [0.25, 0.3) is 0 Å². The molecule has 1 aromatic rings. The highest BCUT2D eigenvalue weighted by atomic mass is 16.4. The lowest BCUT2D eigenvalue weighted by molar-refractivity contribution is 0.0697. The Hall–Kier alpha value is -1.26. The Balaban J connectivity index is 0.00000144. The summed E-state index contributed by atoms with van der Waals surface area (Å²) in [4.78, 5) is 10.4. The standard InChI is InChI=1S/C7H7BO4.B/c9-7(10)5-2-1-3-6(4-5)8(11)12;/h1-4,11-12H,(H,9,10);. The maximum absolute atomic E-state index is 10.4. The largest absolute Gasteiger partial charge is 0.488 e. The Morgan fingerprint density at radius 2 is 1.92 bits per heavy atom. The molecule has 0 unspecified atom stereocenters. The Kier molecular flexibility index (Phi) is 4.23. The molecule has 1 rings (SSSR count). The van der Waals surface area contributed by atoms with Gasteiger partial charge < -0.3 is 15.2 Å². The van der Waals surface area contributed by atoms with Crippen molar-refractivity contribution in [3.8, 4) is 0 Å². The van der Waals surface area contributed by atoms with Crippen LogP contribution in [0.5, 0.6) is 0 Å². The molecule has 13 heavy (non-hydrogen) atoms. The SMILES string of the molecule is O=C(O)c1cccc(B(O)O)c1.[B]. The first-order valence-corrected chi connectivity index (χ1v) is 3.30. The van der Waals surface area contributed by atoms with Crippen LogP contribution in [-0.4, -0.2) is 36.7 Å². The van der Waals surface area contributed by atoms with Gasteiger partial charge in [0, 0.05) is 8.41 Å². The van der Waals surface area contributed by atoms with Gasteiger partial charge in [0.15, 0.2) is 0 Å². The molecule has 65 valence electrons. The Bertz CT molecular complexity index is 300. The fourth-order valence-corrected chi connectivity index (χ4v) is 0.832. The Labute approximate surface area is 77.6 Å². The van der Waals surface area contributed by atoms with E-state index in [-0.39, 0.29) is 19.4 Å². The normalized spacial score (nSPS) is 8.77. The molecule has 0 aliphatic rings. The van der Waals surface area contributed by atoms with Gasteiger partial charge in [0.1, 0.15) is 0 Å². The van der Waals surface area contributed by atoms with E-state index in [1.807, 2.05) is 0 Å². The molecule has 6 heteroatoms. The Morgan fingerprint density at radius 1 is 1.31 bits per heavy atom. The minimum Gasteiger partial charge on any atom is -0.478 e. The van der Waals surface area contributed by atoms with Crippen molar-refractivity contribution >= 4 is 27.0 Å². The van der Waals surface area contributed by atoms with Crippen LogP contribution in [-0.2, 0) is 0 Å². The van der Waals surface area contributed by atoms with Gasteiger partial charge in [0.25, 0.3) is 0 Å². The molecule has 0 atom stereocenters. The molecule has 0 spiro atoms. The summed E-state index contributed by atoms with van der Waals surface area (Å²) in [7, 11) is -1.62. The second kappa shape index (κ2) is 4.69. The number of rotatable bonds is 2. The van der Waals surface area contributed by atoms with Crippen molar-refractivity contribution in [2.75, 3.05) is 0 Å². The number of benzene rings is 1. The number of carboxylic acid groups (broad SMARTS) is 1. The zero-order chi connectivity index (χ0) is 9.14. The number of hydrogen-bond donors (Lipinski definition) is 3. The van der Waals surface area contributed by atoms with Crippen molar-refractivity contribution in [2.24, 2.45) is 0 Å². The van der Waals surface area contributed by atoms with Gasteiger partial charge in [-0.15, -0.1) is 0 Å². The van der Waals surface area contributed by atoms with E-state index in [0.717, 1.165) is 0 Å². The summed E-state index contributed by atoms with van der Waals surface area (Å²) in [6.07, 6.45) is 0. The van der Waals surface area contributed by atoms with Crippen LogP contribution in [0.1, 0.15) is 10.4 Å². The molecule has 0 aliphatic heterocycles. The maximum Gasteiger partial charge on any atom is 0.488 e. The van der Waals surface area contributed by atoms with Gasteiger partial charge in [-0.25, -0.2) is 4.79 Å². The first-order chi connectivity index (χ1) is 5.61. The zero-order valence-corrected chi connectivity index (χ0v) is 6.71. The fraction of sp³-hybridized carbons (Fsp3) is 0. The predicted octanol–water partition coefficient (Wildman–Crippen LogP) is -1.32. The van der Waals surface area contributed by atoms with E-state index in [0.29, 0.717) is 0 Å². The lowest BCUT2D eigenvalue weighted by atomic mass is 9.80. The predicted molar refractivity (Wildman–Crippen MR) is 49.0 cm³/mol. The third-order valence-corrected chi connectivity index (χ3v) is 1.43. The lowest BCUT2D eigenvalue weighted by Crippen LogP contribution is -2.30. The monoisotopic (exact) mass is 177 g/mol. The van der Waals surface area contributed by atoms with Gasteiger partial charge in [-0.1, -0.05) is 12.1 Å². The zero-order valence-electron chi connectivity index (χ0n) is 6.71. The highest BCUT2D eigenvalue weighted by Crippen LogP contribution is 1.96. The molecule has 0 heterocycles. The molecule has 0 fully saturated rings. The van der Waals surface area contributed by atoms with Crippen molar-refractivity contribution in [1.29, 1.82) is 0 Å². The number of aromatic carboxylic acids is 1. The smallest absolute Gasteiger partial charge is 0.478 e. The van der Waals surface area contributed by atoms with Crippen molar-refractivity contribution in [3.63, 3.8) is 0 Å². The second-order valence-corrected chi connectivity index (χ2v) is 2.30. The average molecular weight is 177 g/mol. The molecule has 0 saturated heterocycles. The number of carbonyl (C=O) groups is 1. The summed E-state index contributed by atoms with van der Waals surface area (Å²) in [5.74, 6) is -1.09. The highest BCUT2D eigenvalue weighted by Gasteiger charge is 2.12. The first kappa shape index (κ1) is 11.7. The number of hydrogen-bond acceptors (Lipinski definition) is 3. The molecule has 0 amide bonds. The molecule has 0 bridgehead atoms. The molecular formula is C7H7B2O4. The average Bonchev–Trinajstić information content (AvgIpc) is 2.04. The molecule has 3 N–H and O–H groups in total. The molecule has 3 radical (unpaired) electrons. The van der Waals surface area contributed by atoms with E-state index >= 15 is 0 Å². The van der Waals surface area contributed by atoms with Crippen LogP contribution in [0.4, 0.5) is 0 Å². The minimum atomic E-state index is -1.62. The Morgan fingerprint density at radius 3 is 2.38 bits per heavy atom. The molecule has 1 aromatic carbocycles. The van der Waals surface area contributed by atoms with Crippen LogP contribution in [0.2, 0.25) is 0 Å². The van der Waals surface area contributed by atoms with Crippen LogP contribution in [0.3, 0.4) is 0 Å². The van der Waals surface area contributed by atoms with E-state index in [4.69, 9.17) is 15.2 Å². The van der Waals surface area contributed by atoms with E-state index in [2.05, 4.69) is 0 Å². The van der Waals surface area contributed by atoms with Crippen LogP contribution in [0.15, 0.2) is 24.3 Å². The topological polar surface area (TPSA) is 77.8 Å². The lowest BCUT2D eigenvalue weighted by Gasteiger charge is -1.99. The van der Waals surface area contributed by atoms with Gasteiger partial charge in [-0.05, 0) is 17.6 Å². The fourth-order valence-electron chi connectivity index (χ4n) is 0.832. The van der Waals surface area contributed by atoms with Gasteiger partial charge >= 0.3 is 13.1 Å². The summed E-state index contributed by atoms with van der Waals surface area (Å²) >= 11 is 0. The van der Waals surface area contributed by atoms with Crippen LogP contribution >= 0.6 is 0 Å². The van der Waals surface area contributed by atoms with Crippen molar-refractivity contribution in [2.45, 2.75) is 0 Å². The third-order valence-electron chi connectivity index (χ3n) is 1.43. The summed E-state index contributed by atoms with van der Waals surface area (Å²) < 4.78 is 0. The maximum atomic E-state index is 10.4. The molecule has 0 saturated carbocycles. The van der Waals surface area contributed by atoms with Crippen molar-refractivity contribution in [3.05, 3.63) is 29.8 Å². The summed E-state index contributed by atoms with van der Waals surface area (Å²) in [5.41, 5.74) is 0.218. The van der Waals surface area contributed by atoms with E-state index in [1.54, 1.807) is 0 Å². The first-order valence-electron chi connectivity index (χ1n) is 3.30. The van der Waals surface area contributed by atoms with E-state index in [1.165, 1.54) is 24.3 Å². The van der Waals surface area contributed by atoms with E-state index in [9.17, 15) is 4.79 Å². The van der Waals surface area contributed by atoms with Gasteiger partial charge in [-0.3, -0.25) is 0 Å². The van der Waals surface area contributed by atoms with Gasteiger partial charge in [0.2, 0.25) is 0 Å². The third kappa shape index (κ3) is 2.93. The quantitative estimate of drug-likeness (QED) is 0.489. The van der Waals surface area contributed by atoms with Gasteiger partial charge in [0.05, 0.1) is 5.56 Å². The summed E-state index contributed by atoms with van der Waals surface area (Å²) in [6.45, 7) is 0. The van der Waals surface area contributed by atoms with Gasteiger partial charge in [-0.2, -0.15) is 0 Å². The van der Waals surface area contributed by atoms with Crippen LogP contribution in [0, 0.1) is 0 Å². The van der Waals surface area contributed by atoms with Crippen molar-refractivity contribution < 1.29 is 19.9 Å². The summed E-state index contributed by atoms with van der Waals surface area (Å²) in [6, 6.07) is 5.50.